The van der Waals surface area contributed by atoms with Gasteiger partial charge in [0.05, 0.1) is 5.69 Å². The molecular formula is C23H24N2OS. The predicted molar refractivity (Wildman–Crippen MR) is 112 cm³/mol. The smallest absolute Gasteiger partial charge is 0.265 e. The molecule has 0 saturated heterocycles. The maximum Gasteiger partial charge on any atom is 0.353 e. The highest BCUT2D eigenvalue weighted by atomic mass is 32.2. The highest BCUT2D eigenvalue weighted by Gasteiger charge is 2.22. The van der Waals surface area contributed by atoms with E-state index >= 15 is 0 Å². The summed E-state index contributed by atoms with van der Waals surface area (Å²) >= 11 is 1.69. The highest BCUT2D eigenvalue weighted by molar-refractivity contribution is 7.98. The number of aromatic nitrogens is 2. The molecule has 4 rings (SSSR count). The number of aryl methyl sites for hydroxylation is 2. The van der Waals surface area contributed by atoms with E-state index < -0.39 is 0 Å². The Bertz CT molecular complexity index is 1020. The average Bonchev–Trinajstić information content (AvgIpc) is 3.17. The van der Waals surface area contributed by atoms with Gasteiger partial charge in [-0.15, -0.1) is 11.8 Å². The summed E-state index contributed by atoms with van der Waals surface area (Å²) in [5.41, 5.74) is 7.04. The molecule has 3 nitrogen and oxygen atoms in total. The van der Waals surface area contributed by atoms with Gasteiger partial charge in [0.15, 0.2) is 0 Å². The van der Waals surface area contributed by atoms with E-state index in [9.17, 15) is 4.79 Å². The Morgan fingerprint density at radius 3 is 2.59 bits per heavy atom. The molecule has 2 aromatic carbocycles. The molecule has 0 amide bonds. The molecule has 0 bridgehead atoms. The molecule has 0 atom stereocenters. The third-order valence-corrected chi connectivity index (χ3v) is 6.40. The summed E-state index contributed by atoms with van der Waals surface area (Å²) in [4.78, 5) is 17.4. The minimum absolute atomic E-state index is 0.160. The molecule has 0 spiro atoms. The quantitative estimate of drug-likeness (QED) is 0.470. The fourth-order valence-electron chi connectivity index (χ4n) is 3.71. The molecule has 1 aromatic heterocycles. The summed E-state index contributed by atoms with van der Waals surface area (Å²) in [6.07, 6.45) is 4.04. The lowest BCUT2D eigenvalue weighted by atomic mass is 10.1. The van der Waals surface area contributed by atoms with Gasteiger partial charge in [0, 0.05) is 17.0 Å². The van der Waals surface area contributed by atoms with Crippen LogP contribution in [-0.2, 0) is 25.0 Å². The average molecular weight is 377 g/mol. The molecule has 0 N–H and O–H groups in total. The monoisotopic (exact) mass is 376 g/mol. The number of benzene rings is 2. The summed E-state index contributed by atoms with van der Waals surface area (Å²) in [6, 6.07) is 16.7. The van der Waals surface area contributed by atoms with E-state index in [0.717, 1.165) is 47.8 Å². The van der Waals surface area contributed by atoms with Crippen molar-refractivity contribution in [3.05, 3.63) is 87.0 Å². The summed E-state index contributed by atoms with van der Waals surface area (Å²) in [5, 5.41) is 0.914. The molecule has 4 heteroatoms. The van der Waals surface area contributed by atoms with Gasteiger partial charge >= 0.3 is 5.69 Å². The minimum Gasteiger partial charge on any atom is -0.265 e. The number of fused-ring (bicyclic) bond motifs is 1. The molecule has 0 saturated carbocycles. The molecule has 0 aliphatic heterocycles. The summed E-state index contributed by atoms with van der Waals surface area (Å²) in [7, 11) is 0. The lowest BCUT2D eigenvalue weighted by Gasteiger charge is -2.15. The molecule has 0 fully saturated rings. The Kier molecular flexibility index (Phi) is 5.17. The lowest BCUT2D eigenvalue weighted by molar-refractivity contribution is 0.802. The van der Waals surface area contributed by atoms with Gasteiger partial charge in [0.1, 0.15) is 5.03 Å². The molecule has 1 aliphatic carbocycles. The predicted octanol–water partition coefficient (Wildman–Crippen LogP) is 4.88. The van der Waals surface area contributed by atoms with E-state index in [0.29, 0.717) is 0 Å². The molecule has 0 unspecified atom stereocenters. The second-order valence-corrected chi connectivity index (χ2v) is 8.01. The number of nitrogens with zero attached hydrogens (tertiary/aromatic N) is 2. The normalized spacial score (nSPS) is 13.0. The number of hydrogen-bond acceptors (Lipinski definition) is 3. The summed E-state index contributed by atoms with van der Waals surface area (Å²) < 4.78 is 1.82. The van der Waals surface area contributed by atoms with E-state index in [1.54, 1.807) is 11.8 Å². The first-order chi connectivity index (χ1) is 13.2. The summed E-state index contributed by atoms with van der Waals surface area (Å²) in [6.45, 7) is 4.27. The third kappa shape index (κ3) is 3.59. The number of rotatable bonds is 5. The van der Waals surface area contributed by atoms with Crippen LogP contribution in [0.15, 0.2) is 58.4 Å². The van der Waals surface area contributed by atoms with Crippen molar-refractivity contribution < 1.29 is 0 Å². The zero-order valence-electron chi connectivity index (χ0n) is 15.9. The van der Waals surface area contributed by atoms with Crippen molar-refractivity contribution in [1.29, 1.82) is 0 Å². The van der Waals surface area contributed by atoms with Gasteiger partial charge in [0.25, 0.3) is 0 Å². The molecule has 0 radical (unpaired) electrons. The van der Waals surface area contributed by atoms with Crippen molar-refractivity contribution in [2.75, 3.05) is 0 Å². The maximum absolute atomic E-state index is 12.9. The van der Waals surface area contributed by atoms with E-state index in [-0.39, 0.29) is 5.69 Å². The van der Waals surface area contributed by atoms with Crippen LogP contribution in [0.25, 0.3) is 5.69 Å². The van der Waals surface area contributed by atoms with Crippen LogP contribution in [0.2, 0.25) is 0 Å². The number of thioether (sulfide) groups is 1. The molecule has 3 aromatic rings. The summed E-state index contributed by atoms with van der Waals surface area (Å²) in [5.74, 6) is 0.848. The molecular weight excluding hydrogens is 352 g/mol. The lowest BCUT2D eigenvalue weighted by Crippen LogP contribution is -2.25. The van der Waals surface area contributed by atoms with Crippen LogP contribution in [0, 0.1) is 6.92 Å². The Morgan fingerprint density at radius 1 is 1.07 bits per heavy atom. The van der Waals surface area contributed by atoms with E-state index in [2.05, 4.69) is 55.2 Å². The zero-order chi connectivity index (χ0) is 18.8. The van der Waals surface area contributed by atoms with Crippen molar-refractivity contribution in [2.45, 2.75) is 50.3 Å². The minimum atomic E-state index is -0.160. The van der Waals surface area contributed by atoms with E-state index in [4.69, 9.17) is 0 Å². The fraction of sp³-hybridized carbons (Fsp3) is 0.304. The van der Waals surface area contributed by atoms with Crippen LogP contribution in [-0.4, -0.2) is 9.55 Å². The standard InChI is InChI=1S/C23H24N2OS/c1-3-17-11-13-19(14-12-17)25-21-10-6-9-20(21)22(24-23(25)26)27-15-18-8-5-4-7-16(18)2/h4-5,7-8,11-14H,3,6,9-10,15H2,1-2H3. The maximum atomic E-state index is 12.9. The second kappa shape index (κ2) is 7.73. The van der Waals surface area contributed by atoms with E-state index in [1.165, 1.54) is 22.3 Å². The van der Waals surface area contributed by atoms with Crippen LogP contribution in [0.3, 0.4) is 0 Å². The topological polar surface area (TPSA) is 34.9 Å². The number of hydrogen-bond donors (Lipinski definition) is 0. The van der Waals surface area contributed by atoms with Gasteiger partial charge in [-0.1, -0.05) is 43.3 Å². The SMILES string of the molecule is CCc1ccc(-n2c3c(c(SCc4ccccc4C)nc2=O)CCC3)cc1. The molecule has 138 valence electrons. The van der Waals surface area contributed by atoms with Crippen molar-refractivity contribution in [3.63, 3.8) is 0 Å². The first-order valence-electron chi connectivity index (χ1n) is 9.58. The van der Waals surface area contributed by atoms with Crippen LogP contribution < -0.4 is 5.69 Å². The van der Waals surface area contributed by atoms with Crippen molar-refractivity contribution >= 4 is 11.8 Å². The Morgan fingerprint density at radius 2 is 1.85 bits per heavy atom. The van der Waals surface area contributed by atoms with Crippen LogP contribution >= 0.6 is 11.8 Å². The molecule has 1 aliphatic rings. The second-order valence-electron chi connectivity index (χ2n) is 7.05. The Labute approximate surface area is 164 Å². The van der Waals surface area contributed by atoms with Gasteiger partial charge in [-0.25, -0.2) is 4.79 Å². The zero-order valence-corrected chi connectivity index (χ0v) is 16.7. The highest BCUT2D eigenvalue weighted by Crippen LogP contribution is 2.32. The molecule has 27 heavy (non-hydrogen) atoms. The first-order valence-corrected chi connectivity index (χ1v) is 10.6. The fourth-order valence-corrected chi connectivity index (χ4v) is 4.86. The van der Waals surface area contributed by atoms with Crippen LogP contribution in [0.5, 0.6) is 0 Å². The van der Waals surface area contributed by atoms with Crippen LogP contribution in [0.4, 0.5) is 0 Å². The van der Waals surface area contributed by atoms with E-state index in [1.807, 2.05) is 16.7 Å². The van der Waals surface area contributed by atoms with Crippen molar-refractivity contribution in [2.24, 2.45) is 0 Å². The largest absolute Gasteiger partial charge is 0.353 e. The van der Waals surface area contributed by atoms with Gasteiger partial charge in [0.2, 0.25) is 0 Å². The van der Waals surface area contributed by atoms with Crippen LogP contribution in [0.1, 0.15) is 41.3 Å². The Balaban J connectivity index is 1.69. The molecule has 1 heterocycles. The van der Waals surface area contributed by atoms with Gasteiger partial charge in [-0.2, -0.15) is 4.98 Å². The third-order valence-electron chi connectivity index (χ3n) is 5.33. The Hall–Kier alpha value is -2.33. The van der Waals surface area contributed by atoms with Crippen molar-refractivity contribution in [3.8, 4) is 5.69 Å². The van der Waals surface area contributed by atoms with Gasteiger partial charge in [-0.3, -0.25) is 4.57 Å². The first kappa shape index (κ1) is 18.1. The van der Waals surface area contributed by atoms with Crippen molar-refractivity contribution in [1.82, 2.24) is 9.55 Å². The van der Waals surface area contributed by atoms with Gasteiger partial charge < -0.3 is 0 Å². The van der Waals surface area contributed by atoms with Gasteiger partial charge in [-0.05, 0) is 61.4 Å².